The number of halogens is 1. The van der Waals surface area contributed by atoms with Gasteiger partial charge in [0.1, 0.15) is 5.75 Å². The molecule has 1 heterocycles. The minimum atomic E-state index is -0.206. The molecule has 130 valence electrons. The summed E-state index contributed by atoms with van der Waals surface area (Å²) in [6.07, 6.45) is 2.14. The summed E-state index contributed by atoms with van der Waals surface area (Å²) in [4.78, 5) is 12.3. The zero-order chi connectivity index (χ0) is 17.5. The molecule has 2 aromatic rings. The van der Waals surface area contributed by atoms with Gasteiger partial charge >= 0.3 is 0 Å². The molecule has 0 saturated heterocycles. The fourth-order valence-corrected chi connectivity index (χ4v) is 3.04. The average Bonchev–Trinajstić information content (AvgIpc) is 2.95. The van der Waals surface area contributed by atoms with Crippen molar-refractivity contribution in [2.75, 3.05) is 6.61 Å². The number of aromatic nitrogens is 2. The zero-order valence-corrected chi connectivity index (χ0v) is 15.9. The lowest BCUT2D eigenvalue weighted by molar-refractivity contribution is 0.0945. The summed E-state index contributed by atoms with van der Waals surface area (Å²) in [5, 5.41) is 9.92. The summed E-state index contributed by atoms with van der Waals surface area (Å²) < 4.78 is 6.42. The number of hydrogen-bond acceptors (Lipinski definition) is 3. The minimum Gasteiger partial charge on any atom is -0.494 e. The van der Waals surface area contributed by atoms with Gasteiger partial charge in [0, 0.05) is 6.54 Å². The number of amides is 1. The molecule has 1 aromatic carbocycles. The third-order valence-corrected chi connectivity index (χ3v) is 4.45. The van der Waals surface area contributed by atoms with E-state index in [-0.39, 0.29) is 11.8 Å². The number of benzene rings is 1. The number of hydrogen-bond donors (Lipinski definition) is 2. The summed E-state index contributed by atoms with van der Waals surface area (Å²) in [6.45, 7) is 7.37. The highest BCUT2D eigenvalue weighted by Gasteiger charge is 2.18. The van der Waals surface area contributed by atoms with Gasteiger partial charge in [0.05, 0.1) is 16.8 Å². The summed E-state index contributed by atoms with van der Waals surface area (Å²) >= 11 is 3.45. The first-order valence-electron chi connectivity index (χ1n) is 8.26. The van der Waals surface area contributed by atoms with Crippen molar-refractivity contribution in [1.82, 2.24) is 15.5 Å². The molecule has 0 saturated carbocycles. The van der Waals surface area contributed by atoms with Gasteiger partial charge in [0.2, 0.25) is 0 Å². The standard InChI is InChI=1S/C18H24BrN3O2/c1-4-5-9-24-14-8-6-7-13(10-14)11-20-18(23)17-15(19)16(12(2)3)21-22-17/h6-8,10,12H,4-5,9,11H2,1-3H3,(H,20,23)(H,21,22). The van der Waals surface area contributed by atoms with Crippen LogP contribution in [0.5, 0.6) is 5.75 Å². The summed E-state index contributed by atoms with van der Waals surface area (Å²) in [7, 11) is 0. The van der Waals surface area contributed by atoms with Gasteiger partial charge in [0.25, 0.3) is 5.91 Å². The molecule has 0 fully saturated rings. The monoisotopic (exact) mass is 393 g/mol. The van der Waals surface area contributed by atoms with Gasteiger partial charge in [0.15, 0.2) is 5.69 Å². The van der Waals surface area contributed by atoms with E-state index in [1.807, 2.05) is 38.1 Å². The maximum absolute atomic E-state index is 12.3. The second-order valence-corrected chi connectivity index (χ2v) is 6.78. The van der Waals surface area contributed by atoms with Gasteiger partial charge in [-0.15, -0.1) is 0 Å². The third-order valence-electron chi connectivity index (χ3n) is 3.64. The van der Waals surface area contributed by atoms with Crippen LogP contribution in [0.15, 0.2) is 28.7 Å². The SMILES string of the molecule is CCCCOc1cccc(CNC(=O)c2n[nH]c(C(C)C)c2Br)c1. The van der Waals surface area contributed by atoms with Crippen molar-refractivity contribution in [2.45, 2.75) is 46.1 Å². The van der Waals surface area contributed by atoms with Gasteiger partial charge < -0.3 is 10.1 Å². The van der Waals surface area contributed by atoms with Crippen molar-refractivity contribution in [3.63, 3.8) is 0 Å². The lowest BCUT2D eigenvalue weighted by Gasteiger charge is -2.08. The Balaban J connectivity index is 1.95. The molecule has 0 unspecified atom stereocenters. The number of ether oxygens (including phenoxy) is 1. The molecule has 6 heteroatoms. The smallest absolute Gasteiger partial charge is 0.273 e. The van der Waals surface area contributed by atoms with E-state index in [9.17, 15) is 4.79 Å². The Labute approximate surface area is 151 Å². The normalized spacial score (nSPS) is 10.9. The van der Waals surface area contributed by atoms with Crippen LogP contribution in [-0.2, 0) is 6.54 Å². The van der Waals surface area contributed by atoms with Gasteiger partial charge in [-0.3, -0.25) is 9.89 Å². The number of carbonyl (C=O) groups is 1. The molecule has 24 heavy (non-hydrogen) atoms. The summed E-state index contributed by atoms with van der Waals surface area (Å²) in [5.41, 5.74) is 2.30. The molecule has 1 amide bonds. The average molecular weight is 394 g/mol. The fraction of sp³-hybridized carbons (Fsp3) is 0.444. The van der Waals surface area contributed by atoms with E-state index in [4.69, 9.17) is 4.74 Å². The Kier molecular flexibility index (Phi) is 6.85. The topological polar surface area (TPSA) is 67.0 Å². The summed E-state index contributed by atoms with van der Waals surface area (Å²) in [5.74, 6) is 0.894. The van der Waals surface area contributed by atoms with E-state index in [2.05, 4.69) is 38.4 Å². The Morgan fingerprint density at radius 2 is 2.21 bits per heavy atom. The largest absolute Gasteiger partial charge is 0.494 e. The number of H-pyrrole nitrogens is 1. The predicted octanol–water partition coefficient (Wildman–Crippen LogP) is 4.40. The third kappa shape index (κ3) is 4.84. The number of nitrogens with zero attached hydrogens (tertiary/aromatic N) is 1. The van der Waals surface area contributed by atoms with E-state index in [0.29, 0.717) is 18.8 Å². The molecule has 0 aliphatic rings. The Morgan fingerprint density at radius 3 is 2.88 bits per heavy atom. The van der Waals surface area contributed by atoms with Gasteiger partial charge in [-0.1, -0.05) is 39.3 Å². The lowest BCUT2D eigenvalue weighted by atomic mass is 10.1. The highest BCUT2D eigenvalue weighted by atomic mass is 79.9. The van der Waals surface area contributed by atoms with E-state index in [0.717, 1.165) is 34.3 Å². The number of nitrogens with one attached hydrogen (secondary N) is 2. The van der Waals surface area contributed by atoms with Crippen molar-refractivity contribution in [3.8, 4) is 5.75 Å². The molecule has 5 nitrogen and oxygen atoms in total. The molecule has 0 bridgehead atoms. The van der Waals surface area contributed by atoms with Crippen molar-refractivity contribution >= 4 is 21.8 Å². The molecule has 2 rings (SSSR count). The molecular weight excluding hydrogens is 370 g/mol. The van der Waals surface area contributed by atoms with Gasteiger partial charge in [-0.2, -0.15) is 5.10 Å². The molecule has 1 aromatic heterocycles. The number of rotatable bonds is 8. The number of aromatic amines is 1. The van der Waals surface area contributed by atoms with E-state index < -0.39 is 0 Å². The van der Waals surface area contributed by atoms with Crippen LogP contribution < -0.4 is 10.1 Å². The van der Waals surface area contributed by atoms with Crippen molar-refractivity contribution in [2.24, 2.45) is 0 Å². The van der Waals surface area contributed by atoms with Crippen molar-refractivity contribution in [1.29, 1.82) is 0 Å². The van der Waals surface area contributed by atoms with Gasteiger partial charge in [-0.25, -0.2) is 0 Å². The molecular formula is C18H24BrN3O2. The number of unbranched alkanes of at least 4 members (excludes halogenated alkanes) is 1. The molecule has 0 aliphatic heterocycles. The zero-order valence-electron chi connectivity index (χ0n) is 14.4. The van der Waals surface area contributed by atoms with Crippen LogP contribution >= 0.6 is 15.9 Å². The maximum atomic E-state index is 12.3. The van der Waals surface area contributed by atoms with Crippen LogP contribution in [0, 0.1) is 0 Å². The molecule has 0 radical (unpaired) electrons. The first-order chi connectivity index (χ1) is 11.5. The quantitative estimate of drug-likeness (QED) is 0.652. The maximum Gasteiger partial charge on any atom is 0.273 e. The van der Waals surface area contributed by atoms with Crippen molar-refractivity contribution < 1.29 is 9.53 Å². The van der Waals surface area contributed by atoms with Crippen molar-refractivity contribution in [3.05, 3.63) is 45.7 Å². The number of carbonyl (C=O) groups excluding carboxylic acids is 1. The molecule has 0 atom stereocenters. The Morgan fingerprint density at radius 1 is 1.42 bits per heavy atom. The van der Waals surface area contributed by atoms with E-state index >= 15 is 0 Å². The van der Waals surface area contributed by atoms with Crippen LogP contribution in [0.3, 0.4) is 0 Å². The Bertz CT molecular complexity index is 683. The fourth-order valence-electron chi connectivity index (χ4n) is 2.22. The second-order valence-electron chi connectivity index (χ2n) is 5.99. The van der Waals surface area contributed by atoms with Crippen LogP contribution in [0.2, 0.25) is 0 Å². The van der Waals surface area contributed by atoms with E-state index in [1.165, 1.54) is 0 Å². The molecule has 2 N–H and O–H groups in total. The van der Waals surface area contributed by atoms with Gasteiger partial charge in [-0.05, 0) is 46.0 Å². The highest BCUT2D eigenvalue weighted by Crippen LogP contribution is 2.25. The van der Waals surface area contributed by atoms with Crippen LogP contribution in [0.25, 0.3) is 0 Å². The van der Waals surface area contributed by atoms with Crippen LogP contribution in [0.4, 0.5) is 0 Å². The first kappa shape index (κ1) is 18.5. The minimum absolute atomic E-state index is 0.206. The predicted molar refractivity (Wildman–Crippen MR) is 98.4 cm³/mol. The van der Waals surface area contributed by atoms with Crippen LogP contribution in [-0.4, -0.2) is 22.7 Å². The second kappa shape index (κ2) is 8.87. The molecule has 0 spiro atoms. The Hall–Kier alpha value is -1.82. The highest BCUT2D eigenvalue weighted by molar-refractivity contribution is 9.10. The summed E-state index contributed by atoms with van der Waals surface area (Å²) in [6, 6.07) is 7.78. The lowest BCUT2D eigenvalue weighted by Crippen LogP contribution is -2.23. The van der Waals surface area contributed by atoms with Crippen LogP contribution in [0.1, 0.15) is 61.3 Å². The molecule has 0 aliphatic carbocycles. The first-order valence-corrected chi connectivity index (χ1v) is 9.06. The van der Waals surface area contributed by atoms with E-state index in [1.54, 1.807) is 0 Å².